The van der Waals surface area contributed by atoms with E-state index in [4.69, 9.17) is 4.52 Å². The number of nitrogens with zero attached hydrogens (tertiary/aromatic N) is 3. The molecule has 0 bridgehead atoms. The molecular weight excluding hydrogens is 284 g/mol. The fourth-order valence-corrected chi connectivity index (χ4v) is 2.72. The van der Waals surface area contributed by atoms with Gasteiger partial charge in [-0.25, -0.2) is 4.98 Å². The van der Waals surface area contributed by atoms with Gasteiger partial charge in [-0.15, -0.1) is 11.3 Å². The molecule has 3 aromatic rings. The van der Waals surface area contributed by atoms with Crippen LogP contribution in [-0.4, -0.2) is 21.7 Å². The number of anilines is 1. The fraction of sp³-hybridized carbons (Fsp3) is 0.267. The van der Waals surface area contributed by atoms with Crippen molar-refractivity contribution in [1.82, 2.24) is 15.1 Å². The van der Waals surface area contributed by atoms with E-state index in [1.54, 1.807) is 11.3 Å². The van der Waals surface area contributed by atoms with Gasteiger partial charge in [0, 0.05) is 29.7 Å². The summed E-state index contributed by atoms with van der Waals surface area (Å²) in [6, 6.07) is 10.1. The van der Waals surface area contributed by atoms with Crippen LogP contribution in [0.25, 0.3) is 0 Å². The van der Waals surface area contributed by atoms with E-state index in [0.717, 1.165) is 22.9 Å². The molecule has 5 nitrogen and oxygen atoms in total. The van der Waals surface area contributed by atoms with Gasteiger partial charge in [-0.05, 0) is 19.1 Å². The molecule has 2 aromatic heterocycles. The summed E-state index contributed by atoms with van der Waals surface area (Å²) in [4.78, 5) is 8.80. The highest BCUT2D eigenvalue weighted by Crippen LogP contribution is 2.13. The number of benzene rings is 1. The number of thiazole rings is 1. The predicted molar refractivity (Wildman–Crippen MR) is 82.6 cm³/mol. The Labute approximate surface area is 127 Å². The van der Waals surface area contributed by atoms with Crippen molar-refractivity contribution >= 4 is 17.0 Å². The molecule has 0 aliphatic heterocycles. The van der Waals surface area contributed by atoms with E-state index in [1.165, 1.54) is 0 Å². The van der Waals surface area contributed by atoms with E-state index < -0.39 is 0 Å². The average Bonchev–Trinajstić information content (AvgIpc) is 3.10. The summed E-state index contributed by atoms with van der Waals surface area (Å²) in [6.45, 7) is 2.75. The van der Waals surface area contributed by atoms with Gasteiger partial charge in [0.05, 0.1) is 6.42 Å². The topological polar surface area (TPSA) is 63.8 Å². The summed E-state index contributed by atoms with van der Waals surface area (Å²) < 4.78 is 5.26. The molecule has 0 saturated heterocycles. The predicted octanol–water partition coefficient (Wildman–Crippen LogP) is 3.08. The van der Waals surface area contributed by atoms with Gasteiger partial charge in [0.15, 0.2) is 5.82 Å². The van der Waals surface area contributed by atoms with Crippen molar-refractivity contribution in [3.8, 4) is 0 Å². The smallest absolute Gasteiger partial charge is 0.228 e. The first-order chi connectivity index (χ1) is 10.3. The zero-order chi connectivity index (χ0) is 14.5. The fourth-order valence-electron chi connectivity index (χ4n) is 1.95. The van der Waals surface area contributed by atoms with Gasteiger partial charge in [0.1, 0.15) is 5.01 Å². The number of hydrogen-bond acceptors (Lipinski definition) is 6. The third kappa shape index (κ3) is 3.88. The van der Waals surface area contributed by atoms with E-state index in [-0.39, 0.29) is 0 Å². The summed E-state index contributed by atoms with van der Waals surface area (Å²) in [7, 11) is 0. The van der Waals surface area contributed by atoms with Crippen LogP contribution in [0.5, 0.6) is 0 Å². The first-order valence-electron chi connectivity index (χ1n) is 6.81. The summed E-state index contributed by atoms with van der Waals surface area (Å²) in [5, 5.41) is 10.4. The SMILES string of the molecule is Cc1csc(Cc2noc(CCNc3ccccc3)n2)n1. The van der Waals surface area contributed by atoms with E-state index in [2.05, 4.69) is 20.4 Å². The van der Waals surface area contributed by atoms with Crippen molar-refractivity contribution < 1.29 is 4.52 Å². The number of para-hydroxylation sites is 1. The van der Waals surface area contributed by atoms with Crippen LogP contribution < -0.4 is 5.32 Å². The lowest BCUT2D eigenvalue weighted by Crippen LogP contribution is -2.04. The number of rotatable bonds is 6. The minimum atomic E-state index is 0.633. The number of aromatic nitrogens is 3. The minimum absolute atomic E-state index is 0.633. The highest BCUT2D eigenvalue weighted by atomic mass is 32.1. The van der Waals surface area contributed by atoms with Crippen LogP contribution in [0.1, 0.15) is 22.4 Å². The Kier molecular flexibility index (Phi) is 4.25. The second kappa shape index (κ2) is 6.49. The third-order valence-corrected chi connectivity index (χ3v) is 3.89. The van der Waals surface area contributed by atoms with Gasteiger partial charge in [0.2, 0.25) is 5.89 Å². The third-order valence-electron chi connectivity index (χ3n) is 2.93. The van der Waals surface area contributed by atoms with E-state index >= 15 is 0 Å². The average molecular weight is 300 g/mol. The van der Waals surface area contributed by atoms with Crippen LogP contribution in [0.3, 0.4) is 0 Å². The zero-order valence-electron chi connectivity index (χ0n) is 11.7. The van der Waals surface area contributed by atoms with Crippen LogP contribution in [-0.2, 0) is 12.8 Å². The van der Waals surface area contributed by atoms with Gasteiger partial charge in [-0.1, -0.05) is 23.4 Å². The van der Waals surface area contributed by atoms with Gasteiger partial charge in [0.25, 0.3) is 0 Å². The maximum Gasteiger partial charge on any atom is 0.228 e. The standard InChI is InChI=1S/C15H16N4OS/c1-11-10-21-15(17-11)9-13-18-14(20-19-13)7-8-16-12-5-3-2-4-6-12/h2-6,10,16H,7-9H2,1H3. The lowest BCUT2D eigenvalue weighted by molar-refractivity contribution is 0.376. The molecule has 0 aliphatic rings. The molecule has 0 atom stereocenters. The highest BCUT2D eigenvalue weighted by Gasteiger charge is 2.09. The second-order valence-electron chi connectivity index (χ2n) is 4.71. The normalized spacial score (nSPS) is 10.7. The Bertz CT molecular complexity index is 693. The van der Waals surface area contributed by atoms with Crippen molar-refractivity contribution in [3.63, 3.8) is 0 Å². The highest BCUT2D eigenvalue weighted by molar-refractivity contribution is 7.09. The molecule has 21 heavy (non-hydrogen) atoms. The van der Waals surface area contributed by atoms with Crippen LogP contribution >= 0.6 is 11.3 Å². The molecule has 1 aromatic carbocycles. The van der Waals surface area contributed by atoms with Crippen LogP contribution in [0.15, 0.2) is 40.2 Å². The monoisotopic (exact) mass is 300 g/mol. The maximum atomic E-state index is 5.26. The van der Waals surface area contributed by atoms with Crippen molar-refractivity contribution in [2.75, 3.05) is 11.9 Å². The number of hydrogen-bond donors (Lipinski definition) is 1. The number of aryl methyl sites for hydroxylation is 1. The molecule has 108 valence electrons. The van der Waals surface area contributed by atoms with E-state index in [1.807, 2.05) is 42.6 Å². The van der Waals surface area contributed by atoms with E-state index in [0.29, 0.717) is 24.6 Å². The molecule has 0 radical (unpaired) electrons. The van der Waals surface area contributed by atoms with Crippen molar-refractivity contribution in [2.24, 2.45) is 0 Å². The summed E-state index contributed by atoms with van der Waals surface area (Å²) in [6.07, 6.45) is 1.34. The molecule has 1 N–H and O–H groups in total. The minimum Gasteiger partial charge on any atom is -0.385 e. The molecule has 0 amide bonds. The molecule has 0 aliphatic carbocycles. The Morgan fingerprint density at radius 3 is 2.81 bits per heavy atom. The molecule has 3 rings (SSSR count). The Morgan fingerprint density at radius 2 is 2.05 bits per heavy atom. The Hall–Kier alpha value is -2.21. The van der Waals surface area contributed by atoms with Crippen LogP contribution in [0.4, 0.5) is 5.69 Å². The summed E-state index contributed by atoms with van der Waals surface area (Å²) in [5.74, 6) is 1.35. The molecule has 0 saturated carbocycles. The first-order valence-corrected chi connectivity index (χ1v) is 7.69. The summed E-state index contributed by atoms with van der Waals surface area (Å²) in [5.41, 5.74) is 2.13. The first kappa shape index (κ1) is 13.8. The maximum absolute atomic E-state index is 5.26. The van der Waals surface area contributed by atoms with Crippen molar-refractivity contribution in [3.05, 3.63) is 58.1 Å². The molecule has 0 spiro atoms. The van der Waals surface area contributed by atoms with Crippen molar-refractivity contribution in [2.45, 2.75) is 19.8 Å². The van der Waals surface area contributed by atoms with Gasteiger partial charge >= 0.3 is 0 Å². The quantitative estimate of drug-likeness (QED) is 0.758. The van der Waals surface area contributed by atoms with Crippen LogP contribution in [0, 0.1) is 6.92 Å². The molecule has 6 heteroatoms. The van der Waals surface area contributed by atoms with Crippen molar-refractivity contribution in [1.29, 1.82) is 0 Å². The lowest BCUT2D eigenvalue weighted by Gasteiger charge is -2.02. The van der Waals surface area contributed by atoms with Crippen LogP contribution in [0.2, 0.25) is 0 Å². The Balaban J connectivity index is 1.51. The molecule has 2 heterocycles. The zero-order valence-corrected chi connectivity index (χ0v) is 12.6. The Morgan fingerprint density at radius 1 is 1.19 bits per heavy atom. The summed E-state index contributed by atoms with van der Waals surface area (Å²) >= 11 is 1.62. The second-order valence-corrected chi connectivity index (χ2v) is 5.65. The van der Waals surface area contributed by atoms with Gasteiger partial charge in [-0.3, -0.25) is 0 Å². The lowest BCUT2D eigenvalue weighted by atomic mass is 10.3. The molecule has 0 unspecified atom stereocenters. The molecule has 0 fully saturated rings. The number of nitrogens with one attached hydrogen (secondary N) is 1. The van der Waals surface area contributed by atoms with E-state index in [9.17, 15) is 0 Å². The molecular formula is C15H16N4OS. The van der Waals surface area contributed by atoms with Gasteiger partial charge < -0.3 is 9.84 Å². The largest absolute Gasteiger partial charge is 0.385 e. The van der Waals surface area contributed by atoms with Gasteiger partial charge in [-0.2, -0.15) is 4.98 Å².